The van der Waals surface area contributed by atoms with Crippen LogP contribution >= 0.6 is 11.3 Å². The Bertz CT molecular complexity index is 474. The molecule has 4 heteroatoms. The molecule has 1 aromatic heterocycles. The normalized spacial score (nSPS) is 12.6. The number of benzene rings is 1. The fraction of sp³-hybridized carbons (Fsp3) is 0.308. The highest BCUT2D eigenvalue weighted by atomic mass is 32.1. The van der Waals surface area contributed by atoms with E-state index in [1.165, 1.54) is 10.4 Å². The van der Waals surface area contributed by atoms with Crippen LogP contribution in [-0.4, -0.2) is 23.7 Å². The summed E-state index contributed by atoms with van der Waals surface area (Å²) in [6.45, 7) is 2.12. The number of rotatable bonds is 4. The molecule has 0 aliphatic heterocycles. The first-order valence-corrected chi connectivity index (χ1v) is 6.42. The number of aliphatic hydroxyl groups is 1. The monoisotopic (exact) mass is 248 g/mol. The molecular weight excluding hydrogens is 232 g/mol. The van der Waals surface area contributed by atoms with Gasteiger partial charge in [0, 0.05) is 0 Å². The van der Waals surface area contributed by atoms with E-state index in [4.69, 9.17) is 0 Å². The van der Waals surface area contributed by atoms with Crippen molar-refractivity contribution in [1.29, 1.82) is 0 Å². The van der Waals surface area contributed by atoms with Crippen molar-refractivity contribution in [2.45, 2.75) is 13.0 Å². The predicted octanol–water partition coefficient (Wildman–Crippen LogP) is 2.37. The highest BCUT2D eigenvalue weighted by Crippen LogP contribution is 2.28. The standard InChI is InChI=1S/C13H16N2OS/c1-9-13(17-8-15-9)11-5-3-10(4-6-11)12(7-16)14-2/h3-6,8,12,14,16H,7H2,1-2H3/t12-/m0/s1. The molecule has 0 radical (unpaired) electrons. The van der Waals surface area contributed by atoms with Gasteiger partial charge in [-0.25, -0.2) is 4.98 Å². The molecule has 2 aromatic rings. The Balaban J connectivity index is 2.27. The van der Waals surface area contributed by atoms with E-state index >= 15 is 0 Å². The van der Waals surface area contributed by atoms with Gasteiger partial charge in [-0.15, -0.1) is 11.3 Å². The van der Waals surface area contributed by atoms with Gasteiger partial charge in [-0.05, 0) is 25.1 Å². The van der Waals surface area contributed by atoms with Crippen LogP contribution in [0.3, 0.4) is 0 Å². The van der Waals surface area contributed by atoms with Gasteiger partial charge in [-0.2, -0.15) is 0 Å². The number of nitrogens with zero attached hydrogens (tertiary/aromatic N) is 1. The van der Waals surface area contributed by atoms with Gasteiger partial charge in [0.15, 0.2) is 0 Å². The number of hydrogen-bond donors (Lipinski definition) is 2. The van der Waals surface area contributed by atoms with E-state index in [-0.39, 0.29) is 12.6 Å². The first kappa shape index (κ1) is 12.2. The summed E-state index contributed by atoms with van der Waals surface area (Å²) in [7, 11) is 1.85. The number of hydrogen-bond acceptors (Lipinski definition) is 4. The second-order valence-electron chi connectivity index (χ2n) is 3.91. The zero-order valence-electron chi connectivity index (χ0n) is 9.97. The van der Waals surface area contributed by atoms with Gasteiger partial charge in [0.05, 0.1) is 28.7 Å². The SMILES string of the molecule is CN[C@@H](CO)c1ccc(-c2scnc2C)cc1. The maximum atomic E-state index is 9.21. The molecule has 1 heterocycles. The molecule has 0 bridgehead atoms. The molecule has 0 saturated carbocycles. The Morgan fingerprint density at radius 3 is 2.53 bits per heavy atom. The molecule has 0 unspecified atom stereocenters. The molecule has 3 nitrogen and oxygen atoms in total. The maximum Gasteiger partial charge on any atom is 0.0801 e. The summed E-state index contributed by atoms with van der Waals surface area (Å²) in [6.07, 6.45) is 0. The Morgan fingerprint density at radius 1 is 1.35 bits per heavy atom. The van der Waals surface area contributed by atoms with Crippen LogP contribution in [0.15, 0.2) is 29.8 Å². The van der Waals surface area contributed by atoms with Gasteiger partial charge in [0.1, 0.15) is 0 Å². The lowest BCUT2D eigenvalue weighted by molar-refractivity contribution is 0.251. The highest BCUT2D eigenvalue weighted by Gasteiger charge is 2.09. The van der Waals surface area contributed by atoms with Crippen LogP contribution in [0.2, 0.25) is 0 Å². The molecule has 17 heavy (non-hydrogen) atoms. The molecule has 0 aliphatic rings. The third-order valence-electron chi connectivity index (χ3n) is 2.85. The molecule has 0 spiro atoms. The van der Waals surface area contributed by atoms with Crippen LogP contribution in [-0.2, 0) is 0 Å². The van der Waals surface area contributed by atoms with Crippen molar-refractivity contribution in [3.8, 4) is 10.4 Å². The molecule has 0 fully saturated rings. The van der Waals surface area contributed by atoms with Crippen molar-refractivity contribution in [2.24, 2.45) is 0 Å². The number of likely N-dealkylation sites (N-methyl/N-ethyl adjacent to an activating group) is 1. The molecule has 0 aliphatic carbocycles. The molecule has 1 atom stereocenters. The summed E-state index contributed by atoms with van der Waals surface area (Å²) in [6, 6.07) is 8.26. The van der Waals surface area contributed by atoms with Crippen molar-refractivity contribution in [3.63, 3.8) is 0 Å². The zero-order valence-corrected chi connectivity index (χ0v) is 10.8. The maximum absolute atomic E-state index is 9.21. The van der Waals surface area contributed by atoms with Gasteiger partial charge in [-0.3, -0.25) is 0 Å². The smallest absolute Gasteiger partial charge is 0.0801 e. The molecule has 0 saturated heterocycles. The summed E-state index contributed by atoms with van der Waals surface area (Å²) in [5.41, 5.74) is 5.21. The third-order valence-corrected chi connectivity index (χ3v) is 3.83. The van der Waals surface area contributed by atoms with E-state index in [2.05, 4.69) is 22.4 Å². The molecule has 0 amide bonds. The first-order valence-electron chi connectivity index (χ1n) is 5.54. The number of aliphatic hydroxyl groups excluding tert-OH is 1. The summed E-state index contributed by atoms with van der Waals surface area (Å²) in [4.78, 5) is 5.46. The fourth-order valence-electron chi connectivity index (χ4n) is 1.81. The Morgan fingerprint density at radius 2 is 2.06 bits per heavy atom. The summed E-state index contributed by atoms with van der Waals surface area (Å²) < 4.78 is 0. The minimum atomic E-state index is 0.00612. The zero-order chi connectivity index (χ0) is 12.3. The molecule has 1 aromatic carbocycles. The van der Waals surface area contributed by atoms with Gasteiger partial charge >= 0.3 is 0 Å². The average molecular weight is 248 g/mol. The molecule has 2 N–H and O–H groups in total. The van der Waals surface area contributed by atoms with E-state index in [9.17, 15) is 5.11 Å². The van der Waals surface area contributed by atoms with Crippen molar-refractivity contribution < 1.29 is 5.11 Å². The second-order valence-corrected chi connectivity index (χ2v) is 4.77. The van der Waals surface area contributed by atoms with Crippen molar-refractivity contribution in [1.82, 2.24) is 10.3 Å². The van der Waals surface area contributed by atoms with Crippen molar-refractivity contribution in [2.75, 3.05) is 13.7 Å². The molecule has 2 rings (SSSR count). The van der Waals surface area contributed by atoms with Gasteiger partial charge in [0.25, 0.3) is 0 Å². The minimum absolute atomic E-state index is 0.00612. The lowest BCUT2D eigenvalue weighted by Gasteiger charge is -2.13. The Kier molecular flexibility index (Phi) is 3.89. The lowest BCUT2D eigenvalue weighted by atomic mass is 10.0. The van der Waals surface area contributed by atoms with Gasteiger partial charge in [0.2, 0.25) is 0 Å². The Hall–Kier alpha value is -1.23. The van der Waals surface area contributed by atoms with E-state index in [0.717, 1.165) is 11.3 Å². The third kappa shape index (κ3) is 2.54. The summed E-state index contributed by atoms with van der Waals surface area (Å²) in [5.74, 6) is 0. The van der Waals surface area contributed by atoms with E-state index < -0.39 is 0 Å². The quantitative estimate of drug-likeness (QED) is 0.873. The highest BCUT2D eigenvalue weighted by molar-refractivity contribution is 7.13. The number of thiazole rings is 1. The second kappa shape index (κ2) is 5.40. The van der Waals surface area contributed by atoms with Crippen LogP contribution in [0.5, 0.6) is 0 Å². The lowest BCUT2D eigenvalue weighted by Crippen LogP contribution is -2.19. The topological polar surface area (TPSA) is 45.1 Å². The van der Waals surface area contributed by atoms with Gasteiger partial charge < -0.3 is 10.4 Å². The minimum Gasteiger partial charge on any atom is -0.394 e. The summed E-state index contributed by atoms with van der Waals surface area (Å²) in [5, 5.41) is 12.3. The van der Waals surface area contributed by atoms with Crippen LogP contribution in [0.1, 0.15) is 17.3 Å². The van der Waals surface area contributed by atoms with Crippen LogP contribution < -0.4 is 5.32 Å². The van der Waals surface area contributed by atoms with E-state index in [0.29, 0.717) is 0 Å². The van der Waals surface area contributed by atoms with Crippen LogP contribution in [0.4, 0.5) is 0 Å². The predicted molar refractivity (Wildman–Crippen MR) is 71.2 cm³/mol. The van der Waals surface area contributed by atoms with E-state index in [1.807, 2.05) is 31.6 Å². The number of nitrogens with one attached hydrogen (secondary N) is 1. The Labute approximate surface area is 105 Å². The van der Waals surface area contributed by atoms with Crippen molar-refractivity contribution >= 4 is 11.3 Å². The van der Waals surface area contributed by atoms with E-state index in [1.54, 1.807) is 11.3 Å². The largest absolute Gasteiger partial charge is 0.394 e. The van der Waals surface area contributed by atoms with Crippen LogP contribution in [0.25, 0.3) is 10.4 Å². The van der Waals surface area contributed by atoms with Crippen LogP contribution in [0, 0.1) is 6.92 Å². The summed E-state index contributed by atoms with van der Waals surface area (Å²) >= 11 is 1.65. The number of aromatic nitrogens is 1. The molecular formula is C13H16N2OS. The number of aryl methyl sites for hydroxylation is 1. The van der Waals surface area contributed by atoms with Gasteiger partial charge in [-0.1, -0.05) is 24.3 Å². The average Bonchev–Trinajstić information content (AvgIpc) is 2.78. The fourth-order valence-corrected chi connectivity index (χ4v) is 2.62. The first-order chi connectivity index (χ1) is 8.26. The molecule has 90 valence electrons. The van der Waals surface area contributed by atoms with Crippen molar-refractivity contribution in [3.05, 3.63) is 41.0 Å².